The van der Waals surface area contributed by atoms with Crippen LogP contribution in [-0.4, -0.2) is 27.0 Å². The standard InChI is InChI=1S/C38H24F4N8/c1-46-38(45)29-36-34(47-30(19-2-10-23(39)11-3-19)32(49-36)21-6-14-25(41)15-7-21)28(27(44)18-43)35-37(29)50-33(22-8-16-26(42)17-9-22)31(48-35)20-4-12-24(40)13-5-20/h2-17,46H,44-45H2,1H3. The van der Waals surface area contributed by atoms with Gasteiger partial charge in [0.05, 0.1) is 33.2 Å². The molecule has 0 aliphatic heterocycles. The lowest BCUT2D eigenvalue weighted by molar-refractivity contribution is 0.627. The fourth-order valence-corrected chi connectivity index (χ4v) is 5.72. The maximum absolute atomic E-state index is 14.1. The second-order valence-electron chi connectivity index (χ2n) is 11.2. The average molecular weight is 669 g/mol. The van der Waals surface area contributed by atoms with Gasteiger partial charge in [0.1, 0.15) is 62.9 Å². The number of aromatic nitrogens is 4. The van der Waals surface area contributed by atoms with Gasteiger partial charge in [-0.25, -0.2) is 37.5 Å². The largest absolute Gasteiger partial charge is 0.390 e. The number of nitrogens with one attached hydrogen (secondary N) is 1. The van der Waals surface area contributed by atoms with E-state index in [1.165, 1.54) is 97.1 Å². The molecule has 0 amide bonds. The van der Waals surface area contributed by atoms with Gasteiger partial charge in [0.25, 0.3) is 0 Å². The molecule has 50 heavy (non-hydrogen) atoms. The van der Waals surface area contributed by atoms with E-state index < -0.39 is 23.3 Å². The van der Waals surface area contributed by atoms with Gasteiger partial charge in [-0.15, -0.1) is 0 Å². The number of nitriles is 1. The summed E-state index contributed by atoms with van der Waals surface area (Å²) in [6.45, 7) is 0. The summed E-state index contributed by atoms with van der Waals surface area (Å²) < 4.78 is 56.2. The van der Waals surface area contributed by atoms with Crippen LogP contribution in [0.15, 0.2) is 97.1 Å². The zero-order valence-electron chi connectivity index (χ0n) is 26.1. The number of benzene rings is 5. The molecule has 244 valence electrons. The second-order valence-corrected chi connectivity index (χ2v) is 11.2. The van der Waals surface area contributed by atoms with E-state index >= 15 is 0 Å². The van der Waals surface area contributed by atoms with E-state index in [4.69, 9.17) is 31.4 Å². The minimum Gasteiger partial charge on any atom is -0.390 e. The van der Waals surface area contributed by atoms with Gasteiger partial charge in [-0.05, 0) is 97.1 Å². The molecule has 0 aliphatic rings. The van der Waals surface area contributed by atoms with Crippen LogP contribution in [0.2, 0.25) is 0 Å². The average Bonchev–Trinajstić information content (AvgIpc) is 3.13. The van der Waals surface area contributed by atoms with Gasteiger partial charge in [-0.3, -0.25) is 0 Å². The fourth-order valence-electron chi connectivity index (χ4n) is 5.72. The number of hydrogen-bond acceptors (Lipinski definition) is 8. The van der Waals surface area contributed by atoms with Crippen molar-refractivity contribution in [2.24, 2.45) is 11.5 Å². The van der Waals surface area contributed by atoms with Crippen LogP contribution in [-0.2, 0) is 0 Å². The summed E-state index contributed by atoms with van der Waals surface area (Å²) in [5.74, 6) is -1.77. The molecule has 7 rings (SSSR count). The Bertz CT molecular complexity index is 2460. The van der Waals surface area contributed by atoms with E-state index in [-0.39, 0.29) is 55.4 Å². The normalized spacial score (nSPS) is 11.0. The second kappa shape index (κ2) is 12.6. The first-order chi connectivity index (χ1) is 24.2. The zero-order valence-corrected chi connectivity index (χ0v) is 26.1. The zero-order chi connectivity index (χ0) is 35.1. The Morgan fingerprint density at radius 1 is 0.500 bits per heavy atom. The first-order valence-corrected chi connectivity index (χ1v) is 15.1. The van der Waals surface area contributed by atoms with Crippen LogP contribution in [0.5, 0.6) is 0 Å². The van der Waals surface area contributed by atoms with Crippen molar-refractivity contribution in [3.05, 3.63) is 131 Å². The van der Waals surface area contributed by atoms with Crippen LogP contribution in [0, 0.1) is 34.6 Å². The third-order valence-electron chi connectivity index (χ3n) is 8.14. The summed E-state index contributed by atoms with van der Waals surface area (Å²) in [7, 11) is 1.60. The van der Waals surface area contributed by atoms with Crippen molar-refractivity contribution in [2.45, 2.75) is 0 Å². The molecule has 12 heteroatoms. The molecule has 5 N–H and O–H groups in total. The highest BCUT2D eigenvalue weighted by Gasteiger charge is 2.23. The van der Waals surface area contributed by atoms with E-state index in [9.17, 15) is 22.8 Å². The quantitative estimate of drug-likeness (QED) is 0.158. The molecular formula is C38H24F4N8. The van der Waals surface area contributed by atoms with Crippen molar-refractivity contribution in [2.75, 3.05) is 7.05 Å². The van der Waals surface area contributed by atoms with Crippen LogP contribution < -0.4 is 27.2 Å². The van der Waals surface area contributed by atoms with Gasteiger partial charge in [0, 0.05) is 29.3 Å². The summed E-state index contributed by atoms with van der Waals surface area (Å²) in [4.78, 5) is 20.0. The third kappa shape index (κ3) is 5.56. The summed E-state index contributed by atoms with van der Waals surface area (Å²) in [6, 6.07) is 24.3. The number of hydrogen-bond donors (Lipinski definition) is 3. The van der Waals surface area contributed by atoms with Crippen molar-refractivity contribution >= 4 is 33.6 Å². The molecule has 0 spiro atoms. The maximum Gasteiger partial charge on any atom is 0.123 e. The number of fused-ring (bicyclic) bond motifs is 2. The minimum absolute atomic E-state index is 0.0909. The molecule has 2 aromatic heterocycles. The minimum atomic E-state index is -0.473. The number of nitrogens with zero attached hydrogens (tertiary/aromatic N) is 5. The first kappa shape index (κ1) is 31.7. The predicted molar refractivity (Wildman–Crippen MR) is 183 cm³/mol. The van der Waals surface area contributed by atoms with Gasteiger partial charge in [0.2, 0.25) is 0 Å². The maximum atomic E-state index is 14.1. The lowest BCUT2D eigenvalue weighted by atomic mass is 10.0. The van der Waals surface area contributed by atoms with E-state index in [0.717, 1.165) is 0 Å². The highest BCUT2D eigenvalue weighted by Crippen LogP contribution is 2.33. The monoisotopic (exact) mass is 668 g/mol. The summed E-state index contributed by atoms with van der Waals surface area (Å²) >= 11 is 0. The Kier molecular flexibility index (Phi) is 8.01. The first-order valence-electron chi connectivity index (χ1n) is 15.1. The van der Waals surface area contributed by atoms with E-state index in [0.29, 0.717) is 33.6 Å². The number of rotatable bonds is 5. The molecule has 0 bridgehead atoms. The van der Waals surface area contributed by atoms with Gasteiger partial charge in [0.15, 0.2) is 0 Å². The SMILES string of the molecule is CNC(N)=c1c2nc(-c3ccc(F)cc3)c(-c3ccc(F)cc3)nc2c(=C(N)C#N)c2nc(-c3ccc(F)cc3)c(-c3ccc(F)cc3)nc12. The van der Waals surface area contributed by atoms with Crippen molar-refractivity contribution in [3.63, 3.8) is 0 Å². The summed E-state index contributed by atoms with van der Waals surface area (Å²) in [5.41, 5.74) is 16.4. The van der Waals surface area contributed by atoms with E-state index in [1.54, 1.807) is 7.05 Å². The highest BCUT2D eigenvalue weighted by atomic mass is 19.1. The van der Waals surface area contributed by atoms with Crippen molar-refractivity contribution < 1.29 is 17.6 Å². The number of nitrogens with two attached hydrogens (primary N) is 2. The van der Waals surface area contributed by atoms with Crippen LogP contribution >= 0.6 is 0 Å². The fraction of sp³-hybridized carbons (Fsp3) is 0.0263. The van der Waals surface area contributed by atoms with Gasteiger partial charge < -0.3 is 16.8 Å². The molecule has 0 atom stereocenters. The summed E-state index contributed by atoms with van der Waals surface area (Å²) in [5, 5.41) is 13.5. The van der Waals surface area contributed by atoms with Crippen LogP contribution in [0.3, 0.4) is 0 Å². The molecule has 5 aromatic carbocycles. The lowest BCUT2D eigenvalue weighted by Gasteiger charge is -2.16. The third-order valence-corrected chi connectivity index (χ3v) is 8.14. The van der Waals surface area contributed by atoms with Crippen LogP contribution in [0.1, 0.15) is 0 Å². The molecule has 0 saturated carbocycles. The molecule has 0 fully saturated rings. The molecule has 0 unspecified atom stereocenters. The molecule has 0 radical (unpaired) electrons. The molecule has 7 aromatic rings. The smallest absolute Gasteiger partial charge is 0.123 e. The van der Waals surface area contributed by atoms with Crippen molar-refractivity contribution in [1.29, 1.82) is 5.26 Å². The van der Waals surface area contributed by atoms with E-state index in [1.807, 2.05) is 6.07 Å². The topological polar surface area (TPSA) is 139 Å². The van der Waals surface area contributed by atoms with Crippen molar-refractivity contribution in [1.82, 2.24) is 25.3 Å². The Balaban J connectivity index is 1.74. The van der Waals surface area contributed by atoms with Crippen LogP contribution in [0.4, 0.5) is 17.6 Å². The Morgan fingerprint density at radius 2 is 0.760 bits per heavy atom. The Hall–Kier alpha value is -6.87. The van der Waals surface area contributed by atoms with Crippen LogP contribution in [0.25, 0.3) is 78.6 Å². The van der Waals surface area contributed by atoms with Gasteiger partial charge in [-0.1, -0.05) is 0 Å². The lowest BCUT2D eigenvalue weighted by Crippen LogP contribution is -2.30. The van der Waals surface area contributed by atoms with Crippen molar-refractivity contribution in [3.8, 4) is 51.1 Å². The Labute approximate surface area is 281 Å². The molecule has 8 nitrogen and oxygen atoms in total. The predicted octanol–water partition coefficient (Wildman–Crippen LogP) is 5.63. The van der Waals surface area contributed by atoms with Gasteiger partial charge >= 0.3 is 0 Å². The molecule has 2 heterocycles. The highest BCUT2D eigenvalue weighted by molar-refractivity contribution is 6.00. The Morgan fingerprint density at radius 3 is 1.00 bits per heavy atom. The molecule has 0 aliphatic carbocycles. The van der Waals surface area contributed by atoms with Gasteiger partial charge in [-0.2, -0.15) is 5.26 Å². The summed E-state index contributed by atoms with van der Waals surface area (Å²) in [6.07, 6.45) is 0. The van der Waals surface area contributed by atoms with E-state index in [2.05, 4.69) is 5.32 Å². The molecular weight excluding hydrogens is 644 g/mol. The molecule has 0 saturated heterocycles. The number of halogens is 4.